The van der Waals surface area contributed by atoms with Crippen molar-refractivity contribution in [3.8, 4) is 0 Å². The van der Waals surface area contributed by atoms with Crippen molar-refractivity contribution in [2.24, 2.45) is 5.41 Å². The van der Waals surface area contributed by atoms with Gasteiger partial charge in [0.25, 0.3) is 5.91 Å². The second-order valence-corrected chi connectivity index (χ2v) is 6.06. The number of hydrogen-bond acceptors (Lipinski definition) is 4. The molecular formula is C15H23N3O4. The third-order valence-electron chi connectivity index (χ3n) is 4.27. The molecule has 0 atom stereocenters. The van der Waals surface area contributed by atoms with E-state index in [0.29, 0.717) is 31.6 Å². The zero-order valence-electron chi connectivity index (χ0n) is 13.3. The predicted molar refractivity (Wildman–Crippen MR) is 79.8 cm³/mol. The molecule has 0 spiro atoms. The van der Waals surface area contributed by atoms with Gasteiger partial charge in [0, 0.05) is 31.5 Å². The van der Waals surface area contributed by atoms with Gasteiger partial charge in [0.2, 0.25) is 0 Å². The van der Waals surface area contributed by atoms with Crippen LogP contribution >= 0.6 is 0 Å². The number of carbonyl (C=O) groups is 2. The van der Waals surface area contributed by atoms with E-state index >= 15 is 0 Å². The quantitative estimate of drug-likeness (QED) is 0.857. The van der Waals surface area contributed by atoms with Crippen LogP contribution in [0.5, 0.6) is 0 Å². The van der Waals surface area contributed by atoms with Gasteiger partial charge in [-0.3, -0.25) is 14.3 Å². The van der Waals surface area contributed by atoms with Crippen LogP contribution in [0.25, 0.3) is 0 Å². The van der Waals surface area contributed by atoms with Crippen LogP contribution in [0.4, 0.5) is 0 Å². The highest BCUT2D eigenvalue weighted by atomic mass is 16.5. The highest BCUT2D eigenvalue weighted by molar-refractivity contribution is 5.95. The Morgan fingerprint density at radius 2 is 2.09 bits per heavy atom. The molecule has 2 heterocycles. The Bertz CT molecular complexity index is 559. The van der Waals surface area contributed by atoms with Gasteiger partial charge >= 0.3 is 5.97 Å². The summed E-state index contributed by atoms with van der Waals surface area (Å²) < 4.78 is 7.00. The number of carbonyl (C=O) groups excluding carboxylic acids is 1. The van der Waals surface area contributed by atoms with Gasteiger partial charge in [-0.1, -0.05) is 0 Å². The van der Waals surface area contributed by atoms with Crippen molar-refractivity contribution in [1.29, 1.82) is 0 Å². The summed E-state index contributed by atoms with van der Waals surface area (Å²) in [4.78, 5) is 23.9. The summed E-state index contributed by atoms with van der Waals surface area (Å²) >= 11 is 0. The fourth-order valence-electron chi connectivity index (χ4n) is 2.74. The van der Waals surface area contributed by atoms with Gasteiger partial charge in [-0.05, 0) is 33.6 Å². The van der Waals surface area contributed by atoms with E-state index < -0.39 is 11.4 Å². The van der Waals surface area contributed by atoms with E-state index in [1.807, 2.05) is 20.8 Å². The lowest BCUT2D eigenvalue weighted by molar-refractivity contribution is -0.154. The van der Waals surface area contributed by atoms with E-state index in [2.05, 4.69) is 10.4 Å². The van der Waals surface area contributed by atoms with Gasteiger partial charge in [-0.2, -0.15) is 5.10 Å². The Hall–Kier alpha value is -1.89. The minimum Gasteiger partial charge on any atom is -0.481 e. The second kappa shape index (κ2) is 6.48. The minimum absolute atomic E-state index is 0.108. The normalized spacial score (nSPS) is 17.5. The van der Waals surface area contributed by atoms with Crippen molar-refractivity contribution in [3.63, 3.8) is 0 Å². The number of ether oxygens (including phenoxy) is 1. The SMILES string of the molecule is Cc1c(C(=O)NCC2(C(=O)O)CCOCC2)cnn1C(C)C. The Morgan fingerprint density at radius 3 is 2.59 bits per heavy atom. The molecule has 1 aliphatic rings. The molecule has 1 aromatic heterocycles. The largest absolute Gasteiger partial charge is 0.481 e. The summed E-state index contributed by atoms with van der Waals surface area (Å²) in [5.41, 5.74) is 0.334. The second-order valence-electron chi connectivity index (χ2n) is 6.06. The number of carboxylic acids is 1. The topological polar surface area (TPSA) is 93.5 Å². The maximum Gasteiger partial charge on any atom is 0.311 e. The van der Waals surface area contributed by atoms with Crippen LogP contribution in [0.2, 0.25) is 0 Å². The van der Waals surface area contributed by atoms with E-state index in [1.54, 1.807) is 4.68 Å². The van der Waals surface area contributed by atoms with Crippen LogP contribution in [-0.2, 0) is 9.53 Å². The molecule has 7 nitrogen and oxygen atoms in total. The number of nitrogens with one attached hydrogen (secondary N) is 1. The van der Waals surface area contributed by atoms with Crippen LogP contribution in [0, 0.1) is 12.3 Å². The van der Waals surface area contributed by atoms with Crippen molar-refractivity contribution in [2.45, 2.75) is 39.7 Å². The highest BCUT2D eigenvalue weighted by Crippen LogP contribution is 2.30. The molecule has 2 rings (SSSR count). The third kappa shape index (κ3) is 3.14. The van der Waals surface area contributed by atoms with E-state index in [4.69, 9.17) is 4.74 Å². The fourth-order valence-corrected chi connectivity index (χ4v) is 2.74. The summed E-state index contributed by atoms with van der Waals surface area (Å²) in [5.74, 6) is -1.16. The molecule has 1 saturated heterocycles. The standard InChI is InChI=1S/C15H23N3O4/c1-10(2)18-11(3)12(8-17-18)13(19)16-9-15(14(20)21)4-6-22-7-5-15/h8,10H,4-7,9H2,1-3H3,(H,16,19)(H,20,21). The summed E-state index contributed by atoms with van der Waals surface area (Å²) in [6.45, 7) is 6.74. The molecule has 0 saturated carbocycles. The van der Waals surface area contributed by atoms with Crippen LogP contribution in [0.3, 0.4) is 0 Å². The Kier molecular flexibility index (Phi) is 4.85. The van der Waals surface area contributed by atoms with Crippen LogP contribution in [0.15, 0.2) is 6.20 Å². The fraction of sp³-hybridized carbons (Fsp3) is 0.667. The van der Waals surface area contributed by atoms with Crippen molar-refractivity contribution in [2.75, 3.05) is 19.8 Å². The van der Waals surface area contributed by atoms with Crippen LogP contribution < -0.4 is 5.32 Å². The van der Waals surface area contributed by atoms with E-state index in [1.165, 1.54) is 6.20 Å². The molecule has 22 heavy (non-hydrogen) atoms. The number of carboxylic acid groups (broad SMARTS) is 1. The molecule has 0 aromatic carbocycles. The first-order chi connectivity index (χ1) is 10.4. The molecule has 7 heteroatoms. The maximum absolute atomic E-state index is 12.3. The van der Waals surface area contributed by atoms with E-state index in [0.717, 1.165) is 5.69 Å². The van der Waals surface area contributed by atoms with Gasteiger partial charge in [0.15, 0.2) is 0 Å². The zero-order chi connectivity index (χ0) is 16.3. The summed E-state index contributed by atoms with van der Waals surface area (Å²) in [5, 5.41) is 16.4. The first-order valence-electron chi connectivity index (χ1n) is 7.51. The van der Waals surface area contributed by atoms with Gasteiger partial charge in [-0.15, -0.1) is 0 Å². The minimum atomic E-state index is -0.935. The molecule has 0 aliphatic carbocycles. The molecule has 1 aromatic rings. The third-order valence-corrected chi connectivity index (χ3v) is 4.27. The number of hydrogen-bond donors (Lipinski definition) is 2. The first-order valence-corrected chi connectivity index (χ1v) is 7.51. The molecule has 0 radical (unpaired) electrons. The number of aromatic nitrogens is 2. The first kappa shape index (κ1) is 16.5. The monoisotopic (exact) mass is 309 g/mol. The van der Waals surface area contributed by atoms with E-state index in [-0.39, 0.29) is 18.5 Å². The van der Waals surface area contributed by atoms with Gasteiger partial charge < -0.3 is 15.2 Å². The zero-order valence-corrected chi connectivity index (χ0v) is 13.3. The van der Waals surface area contributed by atoms with Gasteiger partial charge in [0.05, 0.1) is 17.2 Å². The Morgan fingerprint density at radius 1 is 1.45 bits per heavy atom. The Balaban J connectivity index is 2.07. The molecule has 0 unspecified atom stereocenters. The average Bonchev–Trinajstić information content (AvgIpc) is 2.87. The molecule has 1 aliphatic heterocycles. The molecule has 0 bridgehead atoms. The summed E-state index contributed by atoms with van der Waals surface area (Å²) in [6, 6.07) is 0.169. The molecule has 1 fully saturated rings. The Labute approximate surface area is 129 Å². The molecule has 1 amide bonds. The number of nitrogens with zero attached hydrogens (tertiary/aromatic N) is 2. The van der Waals surface area contributed by atoms with Crippen LogP contribution in [0.1, 0.15) is 48.8 Å². The lowest BCUT2D eigenvalue weighted by atomic mass is 9.80. The van der Waals surface area contributed by atoms with E-state index in [9.17, 15) is 14.7 Å². The summed E-state index contributed by atoms with van der Waals surface area (Å²) in [6.07, 6.45) is 2.35. The van der Waals surface area contributed by atoms with Gasteiger partial charge in [0.1, 0.15) is 0 Å². The lowest BCUT2D eigenvalue weighted by Gasteiger charge is -2.33. The average molecular weight is 309 g/mol. The van der Waals surface area contributed by atoms with Crippen molar-refractivity contribution in [3.05, 3.63) is 17.5 Å². The molecule has 122 valence electrons. The lowest BCUT2D eigenvalue weighted by Crippen LogP contribution is -2.46. The maximum atomic E-state index is 12.3. The predicted octanol–water partition coefficient (Wildman–Crippen LogP) is 1.38. The molecular weight excluding hydrogens is 286 g/mol. The number of aliphatic carboxylic acids is 1. The smallest absolute Gasteiger partial charge is 0.311 e. The van der Waals surface area contributed by atoms with Crippen molar-refractivity contribution >= 4 is 11.9 Å². The molecule has 2 N–H and O–H groups in total. The number of amides is 1. The van der Waals surface area contributed by atoms with Crippen LogP contribution in [-0.4, -0.2) is 46.5 Å². The number of rotatable bonds is 5. The van der Waals surface area contributed by atoms with Crippen molar-refractivity contribution < 1.29 is 19.4 Å². The van der Waals surface area contributed by atoms with Crippen molar-refractivity contribution in [1.82, 2.24) is 15.1 Å². The van der Waals surface area contributed by atoms with Gasteiger partial charge in [-0.25, -0.2) is 0 Å². The summed E-state index contributed by atoms with van der Waals surface area (Å²) in [7, 11) is 0. The highest BCUT2D eigenvalue weighted by Gasteiger charge is 2.40.